The van der Waals surface area contributed by atoms with Gasteiger partial charge in [-0.3, -0.25) is 4.98 Å². The molecular formula is C21H22N2. The first-order valence-electron chi connectivity index (χ1n) is 7.86. The van der Waals surface area contributed by atoms with Crippen molar-refractivity contribution in [3.05, 3.63) is 70.9 Å². The Labute approximate surface area is 138 Å². The van der Waals surface area contributed by atoms with E-state index in [0.29, 0.717) is 0 Å². The van der Waals surface area contributed by atoms with Crippen LogP contribution in [0.4, 0.5) is 5.69 Å². The minimum absolute atomic E-state index is 1.08. The normalized spacial score (nSPS) is 11.3. The predicted molar refractivity (Wildman–Crippen MR) is 101 cm³/mol. The van der Waals surface area contributed by atoms with Crippen LogP contribution in [0.1, 0.15) is 22.3 Å². The number of nitrogens with zero attached hydrogens (tertiary/aromatic N) is 2. The highest BCUT2D eigenvalue weighted by atomic mass is 15.1. The number of hydrogen-bond donors (Lipinski definition) is 0. The number of pyridine rings is 1. The third-order valence-electron chi connectivity index (χ3n) is 4.08. The van der Waals surface area contributed by atoms with Crippen molar-refractivity contribution in [1.29, 1.82) is 0 Å². The minimum Gasteiger partial charge on any atom is -0.378 e. The van der Waals surface area contributed by atoms with E-state index in [1.165, 1.54) is 33.3 Å². The second kappa shape index (κ2) is 6.25. The Morgan fingerprint density at radius 3 is 2.35 bits per heavy atom. The summed E-state index contributed by atoms with van der Waals surface area (Å²) in [5.41, 5.74) is 7.20. The third kappa shape index (κ3) is 3.26. The van der Waals surface area contributed by atoms with E-state index in [4.69, 9.17) is 0 Å². The van der Waals surface area contributed by atoms with Crippen molar-refractivity contribution >= 4 is 28.7 Å². The molecule has 0 aliphatic rings. The van der Waals surface area contributed by atoms with Gasteiger partial charge in [0.1, 0.15) is 0 Å². The van der Waals surface area contributed by atoms with E-state index in [1.54, 1.807) is 0 Å². The Bertz CT molecular complexity index is 859. The third-order valence-corrected chi connectivity index (χ3v) is 4.08. The summed E-state index contributed by atoms with van der Waals surface area (Å²) in [6, 6.07) is 15.0. The maximum absolute atomic E-state index is 4.53. The van der Waals surface area contributed by atoms with Gasteiger partial charge < -0.3 is 4.90 Å². The lowest BCUT2D eigenvalue weighted by molar-refractivity contribution is 1.13. The Kier molecular flexibility index (Phi) is 4.16. The summed E-state index contributed by atoms with van der Waals surface area (Å²) in [6.07, 6.45) is 6.22. The van der Waals surface area contributed by atoms with E-state index in [9.17, 15) is 0 Å². The van der Waals surface area contributed by atoms with Crippen LogP contribution in [0.15, 0.2) is 48.7 Å². The van der Waals surface area contributed by atoms with Gasteiger partial charge in [-0.05, 0) is 54.8 Å². The van der Waals surface area contributed by atoms with Gasteiger partial charge in [-0.25, -0.2) is 0 Å². The first-order chi connectivity index (χ1) is 11.0. The van der Waals surface area contributed by atoms with Crippen LogP contribution in [-0.2, 0) is 0 Å². The Morgan fingerprint density at radius 1 is 0.913 bits per heavy atom. The van der Waals surface area contributed by atoms with Gasteiger partial charge in [0.25, 0.3) is 0 Å². The van der Waals surface area contributed by atoms with Gasteiger partial charge in [0.2, 0.25) is 0 Å². The molecule has 0 unspecified atom stereocenters. The molecule has 0 saturated heterocycles. The summed E-state index contributed by atoms with van der Waals surface area (Å²) in [6.45, 7) is 4.25. The molecule has 0 radical (unpaired) electrons. The molecule has 2 nitrogen and oxygen atoms in total. The molecular weight excluding hydrogens is 280 g/mol. The zero-order chi connectivity index (χ0) is 16.4. The molecule has 3 aromatic rings. The average Bonchev–Trinajstić information content (AvgIpc) is 2.53. The molecule has 2 aromatic carbocycles. The molecule has 3 rings (SSSR count). The van der Waals surface area contributed by atoms with Crippen molar-refractivity contribution in [2.24, 2.45) is 0 Å². The standard InChI is InChI=1S/C21H22N2/c1-15-13-16(2)21-20(14-15)18(11-12-22-21)8-5-17-6-9-19(10-7-17)23(3)4/h5-14H,1-4H3/b8-5+. The number of aromatic nitrogens is 1. The number of anilines is 1. The quantitative estimate of drug-likeness (QED) is 0.670. The van der Waals surface area contributed by atoms with Crippen molar-refractivity contribution in [1.82, 2.24) is 4.98 Å². The minimum atomic E-state index is 1.08. The second-order valence-corrected chi connectivity index (χ2v) is 6.20. The van der Waals surface area contributed by atoms with Crippen LogP contribution < -0.4 is 4.90 Å². The summed E-state index contributed by atoms with van der Waals surface area (Å²) >= 11 is 0. The van der Waals surface area contributed by atoms with Crippen LogP contribution in [0.3, 0.4) is 0 Å². The van der Waals surface area contributed by atoms with Gasteiger partial charge in [-0.15, -0.1) is 0 Å². The van der Waals surface area contributed by atoms with Gasteiger partial charge in [0.05, 0.1) is 5.52 Å². The first-order valence-corrected chi connectivity index (χ1v) is 7.86. The SMILES string of the molecule is Cc1cc(C)c2nccc(/C=C/c3ccc(N(C)C)cc3)c2c1. The zero-order valence-corrected chi connectivity index (χ0v) is 14.2. The van der Waals surface area contributed by atoms with Crippen LogP contribution in [0.25, 0.3) is 23.1 Å². The molecule has 0 aliphatic heterocycles. The van der Waals surface area contributed by atoms with Crippen LogP contribution in [0.5, 0.6) is 0 Å². The molecule has 0 fully saturated rings. The van der Waals surface area contributed by atoms with Gasteiger partial charge in [0, 0.05) is 31.4 Å². The molecule has 0 atom stereocenters. The number of aryl methyl sites for hydroxylation is 2. The second-order valence-electron chi connectivity index (χ2n) is 6.20. The molecule has 0 aliphatic carbocycles. The topological polar surface area (TPSA) is 16.1 Å². The van der Waals surface area contributed by atoms with Crippen LogP contribution in [0, 0.1) is 13.8 Å². The summed E-state index contributed by atoms with van der Waals surface area (Å²) in [5, 5.41) is 1.21. The van der Waals surface area contributed by atoms with Gasteiger partial charge >= 0.3 is 0 Å². The maximum atomic E-state index is 4.53. The van der Waals surface area contributed by atoms with E-state index >= 15 is 0 Å². The highest BCUT2D eigenvalue weighted by Gasteiger charge is 2.03. The summed E-state index contributed by atoms with van der Waals surface area (Å²) in [7, 11) is 4.11. The molecule has 23 heavy (non-hydrogen) atoms. The van der Waals surface area contributed by atoms with Crippen molar-refractivity contribution in [2.75, 3.05) is 19.0 Å². The molecule has 2 heteroatoms. The smallest absolute Gasteiger partial charge is 0.0737 e. The van der Waals surface area contributed by atoms with Crippen LogP contribution in [-0.4, -0.2) is 19.1 Å². The number of hydrogen-bond acceptors (Lipinski definition) is 2. The molecule has 0 amide bonds. The fraction of sp³-hybridized carbons (Fsp3) is 0.190. The summed E-state index contributed by atoms with van der Waals surface area (Å²) in [5.74, 6) is 0. The average molecular weight is 302 g/mol. The molecule has 1 heterocycles. The number of fused-ring (bicyclic) bond motifs is 1. The van der Waals surface area contributed by atoms with Crippen molar-refractivity contribution in [3.8, 4) is 0 Å². The highest BCUT2D eigenvalue weighted by molar-refractivity contribution is 5.92. The molecule has 0 spiro atoms. The maximum Gasteiger partial charge on any atom is 0.0737 e. The predicted octanol–water partition coefficient (Wildman–Crippen LogP) is 5.09. The van der Waals surface area contributed by atoms with Crippen LogP contribution in [0.2, 0.25) is 0 Å². The van der Waals surface area contributed by atoms with E-state index in [2.05, 4.69) is 92.4 Å². The lowest BCUT2D eigenvalue weighted by Crippen LogP contribution is -2.07. The fourth-order valence-corrected chi connectivity index (χ4v) is 2.85. The largest absolute Gasteiger partial charge is 0.378 e. The van der Waals surface area contributed by atoms with Crippen molar-refractivity contribution in [3.63, 3.8) is 0 Å². The number of benzene rings is 2. The molecule has 0 N–H and O–H groups in total. The van der Waals surface area contributed by atoms with E-state index in [-0.39, 0.29) is 0 Å². The van der Waals surface area contributed by atoms with Gasteiger partial charge in [-0.2, -0.15) is 0 Å². The fourth-order valence-electron chi connectivity index (χ4n) is 2.85. The summed E-state index contributed by atoms with van der Waals surface area (Å²) in [4.78, 5) is 6.64. The zero-order valence-electron chi connectivity index (χ0n) is 14.2. The molecule has 0 bridgehead atoms. The Balaban J connectivity index is 1.98. The lowest BCUT2D eigenvalue weighted by Gasteiger charge is -2.11. The monoisotopic (exact) mass is 302 g/mol. The van der Waals surface area contributed by atoms with Gasteiger partial charge in [-0.1, -0.05) is 35.9 Å². The highest BCUT2D eigenvalue weighted by Crippen LogP contribution is 2.24. The molecule has 116 valence electrons. The number of rotatable bonds is 3. The lowest BCUT2D eigenvalue weighted by atomic mass is 10.0. The van der Waals surface area contributed by atoms with E-state index in [1.807, 2.05) is 6.20 Å². The van der Waals surface area contributed by atoms with Crippen molar-refractivity contribution < 1.29 is 0 Å². The Hall–Kier alpha value is -2.61. The van der Waals surface area contributed by atoms with Gasteiger partial charge in [0.15, 0.2) is 0 Å². The molecule has 1 aromatic heterocycles. The van der Waals surface area contributed by atoms with Crippen LogP contribution >= 0.6 is 0 Å². The Morgan fingerprint density at radius 2 is 1.65 bits per heavy atom. The first kappa shape index (κ1) is 15.3. The van der Waals surface area contributed by atoms with E-state index < -0.39 is 0 Å². The summed E-state index contributed by atoms with van der Waals surface area (Å²) < 4.78 is 0. The van der Waals surface area contributed by atoms with Crippen molar-refractivity contribution in [2.45, 2.75) is 13.8 Å². The van der Waals surface area contributed by atoms with E-state index in [0.717, 1.165) is 5.52 Å². The molecule has 0 saturated carbocycles.